The van der Waals surface area contributed by atoms with Crippen LogP contribution in [0.5, 0.6) is 0 Å². The molecule has 0 radical (unpaired) electrons. The molecule has 0 saturated carbocycles. The molecule has 0 bridgehead atoms. The van der Waals surface area contributed by atoms with Crippen LogP contribution in [0.15, 0.2) is 29.4 Å². The second-order valence-corrected chi connectivity index (χ2v) is 5.41. The van der Waals surface area contributed by atoms with Crippen LogP contribution < -0.4 is 5.32 Å². The average molecular weight is 316 g/mol. The van der Waals surface area contributed by atoms with Crippen molar-refractivity contribution in [3.63, 3.8) is 0 Å². The van der Waals surface area contributed by atoms with Gasteiger partial charge in [0.25, 0.3) is 0 Å². The number of hydrogen-bond donors (Lipinski definition) is 1. The van der Waals surface area contributed by atoms with E-state index in [9.17, 15) is 13.2 Å². The van der Waals surface area contributed by atoms with Gasteiger partial charge in [-0.15, -0.1) is 10.2 Å². The Morgan fingerprint density at radius 1 is 1.19 bits per heavy atom. The van der Waals surface area contributed by atoms with Gasteiger partial charge in [0.05, 0.1) is 12.1 Å². The number of halogens is 3. The molecule has 0 saturated heterocycles. The van der Waals surface area contributed by atoms with Gasteiger partial charge in [0.2, 0.25) is 0 Å². The van der Waals surface area contributed by atoms with Crippen LogP contribution in [0.3, 0.4) is 0 Å². The Balaban J connectivity index is 2.00. The fourth-order valence-electron chi connectivity index (χ4n) is 1.72. The first-order chi connectivity index (χ1) is 9.91. The highest BCUT2D eigenvalue weighted by molar-refractivity contribution is 7.98. The first-order valence-electron chi connectivity index (χ1n) is 6.23. The summed E-state index contributed by atoms with van der Waals surface area (Å²) in [5.74, 6) is 1.36. The molecule has 1 heterocycles. The maximum absolute atomic E-state index is 12.5. The topological polar surface area (TPSA) is 42.7 Å². The SMILES string of the molecule is CNCc1nnc(SCc2ccc(C(F)(F)F)cc2)n1C. The molecule has 0 fully saturated rings. The molecule has 0 aliphatic heterocycles. The molecule has 8 heteroatoms. The van der Waals surface area contributed by atoms with Crippen molar-refractivity contribution < 1.29 is 13.2 Å². The number of hydrogen-bond acceptors (Lipinski definition) is 4. The van der Waals surface area contributed by atoms with Crippen molar-refractivity contribution in [2.75, 3.05) is 7.05 Å². The summed E-state index contributed by atoms with van der Waals surface area (Å²) in [6.45, 7) is 0.615. The van der Waals surface area contributed by atoms with Gasteiger partial charge in [-0.1, -0.05) is 23.9 Å². The van der Waals surface area contributed by atoms with Crippen LogP contribution in [0.4, 0.5) is 13.2 Å². The number of nitrogens with one attached hydrogen (secondary N) is 1. The van der Waals surface area contributed by atoms with Gasteiger partial charge in [-0.2, -0.15) is 13.2 Å². The lowest BCUT2D eigenvalue weighted by molar-refractivity contribution is -0.137. The number of thioether (sulfide) groups is 1. The zero-order valence-electron chi connectivity index (χ0n) is 11.6. The van der Waals surface area contributed by atoms with E-state index in [1.165, 1.54) is 23.9 Å². The van der Waals surface area contributed by atoms with Gasteiger partial charge < -0.3 is 9.88 Å². The van der Waals surface area contributed by atoms with E-state index < -0.39 is 11.7 Å². The van der Waals surface area contributed by atoms with Crippen LogP contribution in [0.25, 0.3) is 0 Å². The van der Waals surface area contributed by atoms with Crippen LogP contribution in [-0.2, 0) is 25.5 Å². The molecule has 114 valence electrons. The molecule has 2 aromatic rings. The Kier molecular flexibility index (Phi) is 4.89. The zero-order chi connectivity index (χ0) is 15.5. The van der Waals surface area contributed by atoms with Crippen LogP contribution in [0.1, 0.15) is 17.0 Å². The predicted octanol–water partition coefficient (Wildman–Crippen LogP) is 2.85. The molecule has 1 aromatic carbocycles. The van der Waals surface area contributed by atoms with Gasteiger partial charge in [-0.3, -0.25) is 0 Å². The Morgan fingerprint density at radius 2 is 1.86 bits per heavy atom. The lowest BCUT2D eigenvalue weighted by Crippen LogP contribution is -2.10. The molecular weight excluding hydrogens is 301 g/mol. The van der Waals surface area contributed by atoms with Gasteiger partial charge in [0.15, 0.2) is 5.16 Å². The van der Waals surface area contributed by atoms with Crippen LogP contribution >= 0.6 is 11.8 Å². The minimum absolute atomic E-state index is 0.545. The van der Waals surface area contributed by atoms with E-state index in [0.29, 0.717) is 12.3 Å². The average Bonchev–Trinajstić information content (AvgIpc) is 2.78. The molecule has 21 heavy (non-hydrogen) atoms. The highest BCUT2D eigenvalue weighted by atomic mass is 32.2. The van der Waals surface area contributed by atoms with Crippen molar-refractivity contribution >= 4 is 11.8 Å². The molecule has 0 unspecified atom stereocenters. The van der Waals surface area contributed by atoms with Gasteiger partial charge in [-0.05, 0) is 24.7 Å². The molecule has 0 atom stereocenters. The summed E-state index contributed by atoms with van der Waals surface area (Å²) in [6, 6.07) is 5.17. The summed E-state index contributed by atoms with van der Waals surface area (Å²) in [5, 5.41) is 11.8. The summed E-state index contributed by atoms with van der Waals surface area (Å²) in [5.41, 5.74) is 0.178. The number of benzene rings is 1. The smallest absolute Gasteiger partial charge is 0.313 e. The lowest BCUT2D eigenvalue weighted by atomic mass is 10.1. The third-order valence-electron chi connectivity index (χ3n) is 2.91. The van der Waals surface area contributed by atoms with E-state index in [2.05, 4.69) is 15.5 Å². The van der Waals surface area contributed by atoms with Gasteiger partial charge >= 0.3 is 6.18 Å². The Labute approximate surface area is 124 Å². The Bertz CT molecular complexity index is 592. The molecule has 0 aliphatic carbocycles. The number of nitrogens with zero attached hydrogens (tertiary/aromatic N) is 3. The van der Waals surface area contributed by atoms with E-state index in [-0.39, 0.29) is 0 Å². The van der Waals surface area contributed by atoms with Gasteiger partial charge in [0.1, 0.15) is 5.82 Å². The normalized spacial score (nSPS) is 11.9. The van der Waals surface area contributed by atoms with E-state index >= 15 is 0 Å². The third kappa shape index (κ3) is 3.98. The molecular formula is C13H15F3N4S. The van der Waals surface area contributed by atoms with Crippen molar-refractivity contribution in [1.82, 2.24) is 20.1 Å². The van der Waals surface area contributed by atoms with Crippen molar-refractivity contribution in [1.29, 1.82) is 0 Å². The first kappa shape index (κ1) is 15.8. The predicted molar refractivity (Wildman–Crippen MR) is 74.8 cm³/mol. The maximum Gasteiger partial charge on any atom is 0.416 e. The largest absolute Gasteiger partial charge is 0.416 e. The van der Waals surface area contributed by atoms with Crippen molar-refractivity contribution in [2.45, 2.75) is 23.6 Å². The lowest BCUT2D eigenvalue weighted by Gasteiger charge is -2.07. The molecule has 2 rings (SSSR count). The standard InChI is InChI=1S/C13H15F3N4S/c1-17-7-11-18-19-12(20(11)2)21-8-9-3-5-10(6-4-9)13(14,15)16/h3-6,17H,7-8H2,1-2H3. The molecule has 0 amide bonds. The molecule has 1 N–H and O–H groups in total. The molecule has 0 spiro atoms. The zero-order valence-corrected chi connectivity index (χ0v) is 12.4. The van der Waals surface area contributed by atoms with Crippen molar-refractivity contribution in [3.05, 3.63) is 41.2 Å². The fraction of sp³-hybridized carbons (Fsp3) is 0.385. The highest BCUT2D eigenvalue weighted by Crippen LogP contribution is 2.30. The maximum atomic E-state index is 12.5. The summed E-state index contributed by atoms with van der Waals surface area (Å²) in [7, 11) is 3.69. The van der Waals surface area contributed by atoms with Crippen LogP contribution in [0, 0.1) is 0 Å². The minimum Gasteiger partial charge on any atom is -0.313 e. The summed E-state index contributed by atoms with van der Waals surface area (Å²) in [4.78, 5) is 0. The quantitative estimate of drug-likeness (QED) is 0.862. The second-order valence-electron chi connectivity index (χ2n) is 4.47. The summed E-state index contributed by atoms with van der Waals surface area (Å²) in [6.07, 6.45) is -4.29. The van der Waals surface area contributed by atoms with Crippen LogP contribution in [-0.4, -0.2) is 21.8 Å². The second kappa shape index (κ2) is 6.48. The van der Waals surface area contributed by atoms with Crippen molar-refractivity contribution in [2.24, 2.45) is 7.05 Å². The Hall–Kier alpha value is -1.54. The van der Waals surface area contributed by atoms with E-state index in [1.54, 1.807) is 0 Å². The van der Waals surface area contributed by atoms with Gasteiger partial charge in [-0.25, -0.2) is 0 Å². The van der Waals surface area contributed by atoms with Crippen molar-refractivity contribution in [3.8, 4) is 0 Å². The van der Waals surface area contributed by atoms with Crippen LogP contribution in [0.2, 0.25) is 0 Å². The van der Waals surface area contributed by atoms with E-state index in [1.807, 2.05) is 18.7 Å². The van der Waals surface area contributed by atoms with E-state index in [0.717, 1.165) is 28.7 Å². The summed E-state index contributed by atoms with van der Waals surface area (Å²) >= 11 is 1.44. The summed E-state index contributed by atoms with van der Waals surface area (Å²) < 4.78 is 39.3. The molecule has 0 aliphatic rings. The third-order valence-corrected chi connectivity index (χ3v) is 4.00. The van der Waals surface area contributed by atoms with E-state index in [4.69, 9.17) is 0 Å². The molecule has 4 nitrogen and oxygen atoms in total. The monoisotopic (exact) mass is 316 g/mol. The minimum atomic E-state index is -4.29. The fourth-order valence-corrected chi connectivity index (χ4v) is 2.61. The van der Waals surface area contributed by atoms with Gasteiger partial charge in [0, 0.05) is 12.8 Å². The highest BCUT2D eigenvalue weighted by Gasteiger charge is 2.29. The Morgan fingerprint density at radius 3 is 2.43 bits per heavy atom. The number of alkyl halides is 3. The number of aromatic nitrogens is 3. The molecule has 1 aromatic heterocycles. The number of rotatable bonds is 5. The first-order valence-corrected chi connectivity index (χ1v) is 7.22.